The van der Waals surface area contributed by atoms with E-state index in [4.69, 9.17) is 16.3 Å². The maximum absolute atomic E-state index is 13.0. The zero-order valence-corrected chi connectivity index (χ0v) is 15.5. The molecule has 27 heavy (non-hydrogen) atoms. The summed E-state index contributed by atoms with van der Waals surface area (Å²) in [6.45, 7) is 1.57. The second-order valence-corrected chi connectivity index (χ2v) is 6.95. The van der Waals surface area contributed by atoms with Crippen LogP contribution in [0.1, 0.15) is 36.5 Å². The van der Waals surface area contributed by atoms with Gasteiger partial charge in [0.1, 0.15) is 5.75 Å². The molecule has 0 heterocycles. The van der Waals surface area contributed by atoms with Crippen LogP contribution >= 0.6 is 11.6 Å². The number of nitrogens with one attached hydrogen (secondary N) is 1. The highest BCUT2D eigenvalue weighted by Crippen LogP contribution is 2.36. The van der Waals surface area contributed by atoms with E-state index in [9.17, 15) is 18.0 Å². The Balaban J connectivity index is 1.72. The molecule has 1 aliphatic carbocycles. The van der Waals surface area contributed by atoms with Gasteiger partial charge < -0.3 is 10.1 Å². The van der Waals surface area contributed by atoms with Gasteiger partial charge in [0.15, 0.2) is 6.10 Å². The number of halogens is 4. The summed E-state index contributed by atoms with van der Waals surface area (Å²) >= 11 is 5.60. The van der Waals surface area contributed by atoms with Crippen LogP contribution in [-0.4, -0.2) is 12.0 Å². The van der Waals surface area contributed by atoms with Gasteiger partial charge in [0.2, 0.25) is 0 Å². The predicted octanol–water partition coefficient (Wildman–Crippen LogP) is 5.64. The Kier molecular flexibility index (Phi) is 5.65. The molecule has 0 aromatic heterocycles. The molecule has 1 aliphatic rings. The smallest absolute Gasteiger partial charge is 0.417 e. The Labute approximate surface area is 160 Å². The highest BCUT2D eigenvalue weighted by molar-refractivity contribution is 6.31. The molecule has 144 valence electrons. The third kappa shape index (κ3) is 4.56. The zero-order chi connectivity index (χ0) is 19.6. The Morgan fingerprint density at radius 2 is 1.93 bits per heavy atom. The minimum absolute atomic E-state index is 0.0160. The van der Waals surface area contributed by atoms with Crippen molar-refractivity contribution in [2.75, 3.05) is 5.32 Å². The molecule has 3 rings (SSSR count). The molecule has 1 amide bonds. The SMILES string of the molecule is CC(Oc1cccc2c1CCCC2)C(=O)Nc1ccc(Cl)c(C(F)(F)F)c1. The van der Waals surface area contributed by atoms with Crippen LogP contribution in [0.3, 0.4) is 0 Å². The molecule has 0 spiro atoms. The van der Waals surface area contributed by atoms with Gasteiger partial charge in [-0.15, -0.1) is 0 Å². The van der Waals surface area contributed by atoms with Crippen LogP contribution in [0, 0.1) is 0 Å². The van der Waals surface area contributed by atoms with Gasteiger partial charge >= 0.3 is 6.18 Å². The van der Waals surface area contributed by atoms with Gasteiger partial charge in [-0.1, -0.05) is 23.7 Å². The summed E-state index contributed by atoms with van der Waals surface area (Å²) in [5.74, 6) is 0.126. The highest BCUT2D eigenvalue weighted by atomic mass is 35.5. The molecular weight excluding hydrogens is 379 g/mol. The van der Waals surface area contributed by atoms with Gasteiger partial charge in [0.05, 0.1) is 10.6 Å². The van der Waals surface area contributed by atoms with E-state index in [1.807, 2.05) is 12.1 Å². The second kappa shape index (κ2) is 7.80. The molecule has 7 heteroatoms. The Hall–Kier alpha value is -2.21. The van der Waals surface area contributed by atoms with Crippen LogP contribution in [-0.2, 0) is 23.8 Å². The number of amides is 1. The van der Waals surface area contributed by atoms with Crippen molar-refractivity contribution in [3.05, 3.63) is 58.1 Å². The van der Waals surface area contributed by atoms with E-state index in [0.717, 1.165) is 43.4 Å². The summed E-state index contributed by atoms with van der Waals surface area (Å²) in [4.78, 5) is 12.4. The number of alkyl halides is 3. The number of hydrogen-bond acceptors (Lipinski definition) is 2. The predicted molar refractivity (Wildman–Crippen MR) is 98.3 cm³/mol. The molecule has 2 aromatic rings. The highest BCUT2D eigenvalue weighted by Gasteiger charge is 2.33. The van der Waals surface area contributed by atoms with Crippen molar-refractivity contribution in [1.29, 1.82) is 0 Å². The van der Waals surface area contributed by atoms with Gasteiger partial charge in [-0.25, -0.2) is 0 Å². The molecule has 3 nitrogen and oxygen atoms in total. The third-order valence-electron chi connectivity index (χ3n) is 4.57. The second-order valence-electron chi connectivity index (χ2n) is 6.54. The van der Waals surface area contributed by atoms with E-state index in [2.05, 4.69) is 11.4 Å². The van der Waals surface area contributed by atoms with Crippen LogP contribution in [0.15, 0.2) is 36.4 Å². The number of carbonyl (C=O) groups excluding carboxylic acids is 1. The fraction of sp³-hybridized carbons (Fsp3) is 0.350. The van der Waals surface area contributed by atoms with Crippen LogP contribution in [0.5, 0.6) is 5.75 Å². The van der Waals surface area contributed by atoms with Crippen LogP contribution in [0.4, 0.5) is 18.9 Å². The third-order valence-corrected chi connectivity index (χ3v) is 4.89. The normalized spacial score (nSPS) is 15.0. The number of anilines is 1. The first kappa shape index (κ1) is 19.5. The summed E-state index contributed by atoms with van der Waals surface area (Å²) in [6.07, 6.45) is -1.38. The summed E-state index contributed by atoms with van der Waals surface area (Å²) in [5.41, 5.74) is 1.35. The van der Waals surface area contributed by atoms with Crippen molar-refractivity contribution >= 4 is 23.2 Å². The van der Waals surface area contributed by atoms with Crippen molar-refractivity contribution in [2.45, 2.75) is 44.9 Å². The van der Waals surface area contributed by atoms with E-state index >= 15 is 0 Å². The number of rotatable bonds is 4. The first-order valence-electron chi connectivity index (χ1n) is 8.71. The molecule has 0 aliphatic heterocycles. The van der Waals surface area contributed by atoms with Crippen molar-refractivity contribution in [2.24, 2.45) is 0 Å². The van der Waals surface area contributed by atoms with Crippen LogP contribution < -0.4 is 10.1 Å². The molecular formula is C20H19ClF3NO2. The van der Waals surface area contributed by atoms with E-state index in [-0.39, 0.29) is 5.69 Å². The number of fused-ring (bicyclic) bond motifs is 1. The van der Waals surface area contributed by atoms with Gasteiger partial charge in [-0.05, 0) is 68.0 Å². The lowest BCUT2D eigenvalue weighted by Gasteiger charge is -2.22. The minimum atomic E-state index is -4.59. The number of aryl methyl sites for hydroxylation is 1. The first-order chi connectivity index (χ1) is 12.8. The Morgan fingerprint density at radius 3 is 2.67 bits per heavy atom. The van der Waals surface area contributed by atoms with Gasteiger partial charge in [0, 0.05) is 5.69 Å². The summed E-state index contributed by atoms with van der Waals surface area (Å²) < 4.78 is 44.7. The average Bonchev–Trinajstić information content (AvgIpc) is 2.62. The van der Waals surface area contributed by atoms with Gasteiger partial charge in [-0.3, -0.25) is 4.79 Å². The molecule has 0 bridgehead atoms. The number of ether oxygens (including phenoxy) is 1. The van der Waals surface area contributed by atoms with Crippen LogP contribution in [0.25, 0.3) is 0 Å². The van der Waals surface area contributed by atoms with Crippen molar-refractivity contribution in [3.63, 3.8) is 0 Å². The minimum Gasteiger partial charge on any atom is -0.481 e. The first-order valence-corrected chi connectivity index (χ1v) is 9.08. The van der Waals surface area contributed by atoms with Gasteiger partial charge in [0.25, 0.3) is 5.91 Å². The largest absolute Gasteiger partial charge is 0.481 e. The zero-order valence-electron chi connectivity index (χ0n) is 14.7. The summed E-state index contributed by atoms with van der Waals surface area (Å²) in [7, 11) is 0. The number of hydrogen-bond donors (Lipinski definition) is 1. The van der Waals surface area contributed by atoms with E-state index < -0.39 is 28.8 Å². The molecule has 0 saturated carbocycles. The lowest BCUT2D eigenvalue weighted by atomic mass is 9.91. The van der Waals surface area contributed by atoms with Crippen LogP contribution in [0.2, 0.25) is 5.02 Å². The molecule has 0 fully saturated rings. The quantitative estimate of drug-likeness (QED) is 0.724. The van der Waals surface area contributed by atoms with Crippen molar-refractivity contribution in [1.82, 2.24) is 0 Å². The average molecular weight is 398 g/mol. The molecule has 0 radical (unpaired) electrons. The molecule has 1 N–H and O–H groups in total. The Bertz CT molecular complexity index is 852. The summed E-state index contributed by atoms with van der Waals surface area (Å²) in [5, 5.41) is 2.04. The standard InChI is InChI=1S/C20H19ClF3NO2/c1-12(27-18-8-4-6-13-5-2-3-7-15(13)18)19(26)25-14-9-10-17(21)16(11-14)20(22,23)24/h4,6,8-12H,2-3,5,7H2,1H3,(H,25,26). The lowest BCUT2D eigenvalue weighted by Crippen LogP contribution is -2.30. The Morgan fingerprint density at radius 1 is 1.19 bits per heavy atom. The maximum Gasteiger partial charge on any atom is 0.417 e. The fourth-order valence-electron chi connectivity index (χ4n) is 3.16. The van der Waals surface area contributed by atoms with E-state index in [1.54, 1.807) is 6.92 Å². The van der Waals surface area contributed by atoms with E-state index in [1.165, 1.54) is 11.6 Å². The monoisotopic (exact) mass is 397 g/mol. The maximum atomic E-state index is 13.0. The van der Waals surface area contributed by atoms with E-state index in [0.29, 0.717) is 5.75 Å². The summed E-state index contributed by atoms with van der Waals surface area (Å²) in [6, 6.07) is 9.01. The number of carbonyl (C=O) groups is 1. The lowest BCUT2D eigenvalue weighted by molar-refractivity contribution is -0.137. The fourth-order valence-corrected chi connectivity index (χ4v) is 3.39. The van der Waals surface area contributed by atoms with Crippen molar-refractivity contribution in [3.8, 4) is 5.75 Å². The van der Waals surface area contributed by atoms with Gasteiger partial charge in [-0.2, -0.15) is 13.2 Å². The topological polar surface area (TPSA) is 38.3 Å². The number of benzene rings is 2. The molecule has 1 atom stereocenters. The molecule has 0 saturated heterocycles. The molecule has 1 unspecified atom stereocenters. The molecule has 2 aromatic carbocycles. The van der Waals surface area contributed by atoms with Crippen molar-refractivity contribution < 1.29 is 22.7 Å².